The molecule has 0 aliphatic heterocycles. The van der Waals surface area contributed by atoms with Gasteiger partial charge in [-0.3, -0.25) is 25.0 Å². The highest BCUT2D eigenvalue weighted by atomic mass is 17.1. The van der Waals surface area contributed by atoms with Gasteiger partial charge in [-0.2, -0.15) is 5.48 Å². The molecule has 6 aliphatic rings. The van der Waals surface area contributed by atoms with Gasteiger partial charge in [-0.15, -0.1) is 0 Å². The number of aliphatic carboxylic acids is 1. The number of ether oxygens (including phenoxy) is 2. The van der Waals surface area contributed by atoms with Crippen LogP contribution in [0.3, 0.4) is 0 Å². The third kappa shape index (κ3) is 11.9. The molecule has 5 atom stereocenters. The summed E-state index contributed by atoms with van der Waals surface area (Å²) in [6, 6.07) is -0.508. The molecule has 4 N–H and O–H groups in total. The normalized spacial score (nSPS) is 38.7. The number of amides is 1. The van der Waals surface area contributed by atoms with Crippen LogP contribution in [0.25, 0.3) is 0 Å². The number of carbonyl (C=O) groups is 2. The van der Waals surface area contributed by atoms with E-state index in [2.05, 4.69) is 29.5 Å². The highest BCUT2D eigenvalue weighted by Crippen LogP contribution is 2.49. The molecule has 6 rings (SSSR count). The molecule has 0 aromatic carbocycles. The monoisotopic (exact) mass is 792 g/mol. The fourth-order valence-corrected chi connectivity index (χ4v) is 11.7. The van der Waals surface area contributed by atoms with Gasteiger partial charge in [-0.1, -0.05) is 26.7 Å². The van der Waals surface area contributed by atoms with Crippen LogP contribution in [0.5, 0.6) is 0 Å². The lowest BCUT2D eigenvalue weighted by Gasteiger charge is -2.47. The van der Waals surface area contributed by atoms with Crippen LogP contribution in [0.4, 0.5) is 0 Å². The molecule has 0 radical (unpaired) electrons. The Hall–Kier alpha value is -1.90. The average Bonchev–Trinajstić information content (AvgIpc) is 3.20. The average molecular weight is 792 g/mol. The standard InChI is InChI=1S/C43H73N3O10/c1-43(2,31-9-18-36(19-10-31)56-38-22-13-33(14-23-38)45-53-26-28-5-3-4-6-29(28)27-54-52)30-7-16-35(17-8-30)55-37-20-11-32(12-21-37)44-41(47)40-25-34(46(50)51)15-24-39(40)42(48)49/h28-40,45,52H,3-27H2,1-2H3,(H,44,47)(H,48,49). The van der Waals surface area contributed by atoms with Crippen molar-refractivity contribution in [1.29, 1.82) is 0 Å². The second-order valence-corrected chi connectivity index (χ2v) is 19.3. The van der Waals surface area contributed by atoms with Gasteiger partial charge in [0, 0.05) is 29.8 Å². The molecule has 6 aliphatic carbocycles. The van der Waals surface area contributed by atoms with Gasteiger partial charge in [-0.25, -0.2) is 4.89 Å². The number of carbonyl (C=O) groups excluding carboxylic acids is 1. The molecule has 0 aromatic heterocycles. The van der Waals surface area contributed by atoms with Crippen molar-refractivity contribution in [3.05, 3.63) is 10.1 Å². The van der Waals surface area contributed by atoms with Gasteiger partial charge in [0.2, 0.25) is 11.9 Å². The summed E-state index contributed by atoms with van der Waals surface area (Å²) in [5, 5.41) is 33.0. The third-order valence-electron chi connectivity index (χ3n) is 15.6. The first-order valence-electron chi connectivity index (χ1n) is 22.6. The van der Waals surface area contributed by atoms with Crippen molar-refractivity contribution in [3.8, 4) is 0 Å². The Morgan fingerprint density at radius 2 is 1.14 bits per heavy atom. The van der Waals surface area contributed by atoms with Crippen molar-refractivity contribution >= 4 is 11.9 Å². The predicted octanol–water partition coefficient (Wildman–Crippen LogP) is 7.87. The molecule has 0 aromatic rings. The molecule has 0 bridgehead atoms. The second-order valence-electron chi connectivity index (χ2n) is 19.3. The van der Waals surface area contributed by atoms with Crippen LogP contribution in [0.1, 0.15) is 162 Å². The first-order valence-corrected chi connectivity index (χ1v) is 22.6. The van der Waals surface area contributed by atoms with Gasteiger partial charge in [0.25, 0.3) is 0 Å². The Kier molecular flexibility index (Phi) is 16.3. The summed E-state index contributed by atoms with van der Waals surface area (Å²) in [6.45, 7) is 6.11. The first kappa shape index (κ1) is 43.7. The number of nitro groups is 1. The van der Waals surface area contributed by atoms with Crippen molar-refractivity contribution in [2.75, 3.05) is 13.2 Å². The van der Waals surface area contributed by atoms with Gasteiger partial charge >= 0.3 is 5.97 Å². The van der Waals surface area contributed by atoms with E-state index in [0.29, 0.717) is 54.6 Å². The summed E-state index contributed by atoms with van der Waals surface area (Å²) in [4.78, 5) is 46.4. The Bertz CT molecular complexity index is 1240. The van der Waals surface area contributed by atoms with E-state index in [1.165, 1.54) is 38.5 Å². The minimum Gasteiger partial charge on any atom is -0.481 e. The van der Waals surface area contributed by atoms with Crippen LogP contribution >= 0.6 is 0 Å². The maximum atomic E-state index is 13.1. The van der Waals surface area contributed by atoms with Crippen molar-refractivity contribution in [2.24, 2.45) is 40.9 Å². The molecule has 0 heterocycles. The van der Waals surface area contributed by atoms with Gasteiger partial charge in [0.1, 0.15) is 0 Å². The number of hydrogen-bond acceptors (Lipinski definition) is 10. The lowest BCUT2D eigenvalue weighted by atomic mass is 9.60. The van der Waals surface area contributed by atoms with Crippen molar-refractivity contribution < 1.29 is 44.1 Å². The fraction of sp³-hybridized carbons (Fsp3) is 0.953. The summed E-state index contributed by atoms with van der Waals surface area (Å²) < 4.78 is 13.3. The maximum Gasteiger partial charge on any atom is 0.307 e. The van der Waals surface area contributed by atoms with Crippen molar-refractivity contribution in [1.82, 2.24) is 10.8 Å². The quantitative estimate of drug-likeness (QED) is 0.0679. The molecule has 13 nitrogen and oxygen atoms in total. The van der Waals surface area contributed by atoms with E-state index in [4.69, 9.17) is 19.6 Å². The van der Waals surface area contributed by atoms with E-state index in [1.54, 1.807) is 0 Å². The molecular formula is C43H73N3O10. The Balaban J connectivity index is 0.830. The highest BCUT2D eigenvalue weighted by Gasteiger charge is 2.45. The van der Waals surface area contributed by atoms with E-state index in [-0.39, 0.29) is 48.3 Å². The Labute approximate surface area is 334 Å². The molecular weight excluding hydrogens is 718 g/mol. The minimum atomic E-state index is -1.04. The number of rotatable bonds is 16. The molecule has 6 saturated carbocycles. The summed E-state index contributed by atoms with van der Waals surface area (Å²) in [6.07, 6.45) is 23.3. The van der Waals surface area contributed by atoms with Crippen LogP contribution in [0, 0.1) is 51.0 Å². The topological polar surface area (TPSA) is 179 Å². The highest BCUT2D eigenvalue weighted by molar-refractivity contribution is 5.85. The molecule has 1 amide bonds. The largest absolute Gasteiger partial charge is 0.481 e. The predicted molar refractivity (Wildman–Crippen MR) is 210 cm³/mol. The molecule has 320 valence electrons. The minimum absolute atomic E-state index is 0.00728. The molecule has 56 heavy (non-hydrogen) atoms. The maximum absolute atomic E-state index is 13.1. The van der Waals surface area contributed by atoms with Crippen molar-refractivity contribution in [2.45, 2.75) is 204 Å². The van der Waals surface area contributed by atoms with E-state index < -0.39 is 23.8 Å². The number of carboxylic acids is 1. The summed E-state index contributed by atoms with van der Waals surface area (Å²) >= 11 is 0. The zero-order valence-electron chi connectivity index (χ0n) is 34.3. The number of carboxylic acid groups (broad SMARTS) is 1. The lowest BCUT2D eigenvalue weighted by molar-refractivity contribution is -0.528. The first-order chi connectivity index (χ1) is 27.0. The third-order valence-corrected chi connectivity index (χ3v) is 15.6. The molecule has 6 fully saturated rings. The van der Waals surface area contributed by atoms with Crippen LogP contribution in [0.15, 0.2) is 0 Å². The lowest BCUT2D eigenvalue weighted by Crippen LogP contribution is -2.48. The van der Waals surface area contributed by atoms with Gasteiger partial charge in [0.15, 0.2) is 0 Å². The number of hydroxylamine groups is 1. The molecule has 0 spiro atoms. The van der Waals surface area contributed by atoms with E-state index >= 15 is 0 Å². The van der Waals surface area contributed by atoms with E-state index in [9.17, 15) is 24.8 Å². The molecule has 13 heteroatoms. The van der Waals surface area contributed by atoms with E-state index in [0.717, 1.165) is 95.8 Å². The fourth-order valence-electron chi connectivity index (χ4n) is 11.7. The Morgan fingerprint density at radius 3 is 1.62 bits per heavy atom. The number of nitrogens with zero attached hydrogens (tertiary/aromatic N) is 1. The summed E-state index contributed by atoms with van der Waals surface area (Å²) in [7, 11) is 0. The molecule has 5 unspecified atom stereocenters. The molecule has 0 saturated heterocycles. The van der Waals surface area contributed by atoms with Crippen LogP contribution in [0.2, 0.25) is 0 Å². The SMILES string of the molecule is CC(C)(C1CCC(OC2CCC(NOCC3CCCCC3COO)CC2)CC1)C1CCC(OC2CCC(NC(=O)C3CC([N+](=O)[O-])CCC3C(=O)O)CC2)CC1. The number of hydrogen-bond donors (Lipinski definition) is 4. The van der Waals surface area contributed by atoms with Crippen molar-refractivity contribution in [3.63, 3.8) is 0 Å². The summed E-state index contributed by atoms with van der Waals surface area (Å²) in [5.41, 5.74) is 3.65. The zero-order valence-corrected chi connectivity index (χ0v) is 34.3. The van der Waals surface area contributed by atoms with Crippen LogP contribution < -0.4 is 10.8 Å². The summed E-state index contributed by atoms with van der Waals surface area (Å²) in [5.74, 6) is -0.835. The van der Waals surface area contributed by atoms with E-state index in [1.807, 2.05) is 0 Å². The Morgan fingerprint density at radius 1 is 0.661 bits per heavy atom. The second kappa shape index (κ2) is 20.9. The smallest absolute Gasteiger partial charge is 0.307 e. The van der Waals surface area contributed by atoms with Gasteiger partial charge in [0.05, 0.1) is 49.5 Å². The van der Waals surface area contributed by atoms with Crippen LogP contribution in [-0.4, -0.2) is 82.9 Å². The number of nitrogens with one attached hydrogen (secondary N) is 2. The van der Waals surface area contributed by atoms with Gasteiger partial charge in [-0.05, 0) is 151 Å². The van der Waals surface area contributed by atoms with Crippen LogP contribution in [-0.2, 0) is 28.8 Å². The zero-order chi connectivity index (χ0) is 39.7. The van der Waals surface area contributed by atoms with Gasteiger partial charge < -0.3 is 24.7 Å².